The van der Waals surface area contributed by atoms with E-state index in [-0.39, 0.29) is 5.91 Å². The molecule has 0 radical (unpaired) electrons. The molecular formula is C14H19Br2N3O2. The number of hydrogen-bond donors (Lipinski definition) is 2. The van der Waals surface area contributed by atoms with Crippen LogP contribution >= 0.6 is 31.9 Å². The molecule has 0 fully saturated rings. The van der Waals surface area contributed by atoms with E-state index in [2.05, 4.69) is 31.9 Å². The van der Waals surface area contributed by atoms with Crippen LogP contribution in [-0.4, -0.2) is 19.1 Å². The van der Waals surface area contributed by atoms with Gasteiger partial charge in [-0.2, -0.15) is 0 Å². The van der Waals surface area contributed by atoms with Gasteiger partial charge in [-0.25, -0.2) is 10.9 Å². The number of nitrogens with two attached hydrogens (primary N) is 2. The average Bonchev–Trinajstić information content (AvgIpc) is 2.52. The van der Waals surface area contributed by atoms with Crippen LogP contribution < -0.4 is 21.3 Å². The zero-order chi connectivity index (χ0) is 15.8. The number of allylic oxidation sites excluding steroid dienone is 1. The number of benzene rings is 1. The molecule has 0 aliphatic heterocycles. The molecule has 0 saturated carbocycles. The molecule has 0 heterocycles. The fourth-order valence-electron chi connectivity index (χ4n) is 1.49. The summed E-state index contributed by atoms with van der Waals surface area (Å²) in [7, 11) is 0. The average molecular weight is 421 g/mol. The number of ether oxygens (including phenoxy) is 1. The molecule has 1 aromatic carbocycles. The molecule has 7 heteroatoms. The van der Waals surface area contributed by atoms with E-state index in [0.717, 1.165) is 15.9 Å². The van der Waals surface area contributed by atoms with Gasteiger partial charge in [0, 0.05) is 10.5 Å². The van der Waals surface area contributed by atoms with E-state index in [9.17, 15) is 4.79 Å². The summed E-state index contributed by atoms with van der Waals surface area (Å²) in [5, 5.41) is 1.08. The van der Waals surface area contributed by atoms with E-state index in [0.29, 0.717) is 35.5 Å². The predicted molar refractivity (Wildman–Crippen MR) is 92.5 cm³/mol. The first-order valence-corrected chi connectivity index (χ1v) is 8.16. The summed E-state index contributed by atoms with van der Waals surface area (Å²) in [6.07, 6.45) is 1.47. The van der Waals surface area contributed by atoms with Crippen LogP contribution in [0, 0.1) is 0 Å². The lowest BCUT2D eigenvalue weighted by atomic mass is 10.3. The normalized spacial score (nSPS) is 11.9. The Morgan fingerprint density at radius 3 is 2.71 bits per heavy atom. The number of hydrogen-bond acceptors (Lipinski definition) is 4. The lowest BCUT2D eigenvalue weighted by molar-refractivity contribution is -0.114. The Hall–Kier alpha value is -0.890. The molecule has 1 rings (SSSR count). The first-order chi connectivity index (χ1) is 10.0. The highest BCUT2D eigenvalue weighted by Gasteiger charge is 2.17. The van der Waals surface area contributed by atoms with E-state index in [1.807, 2.05) is 13.0 Å². The van der Waals surface area contributed by atoms with Crippen LogP contribution in [-0.2, 0) is 4.79 Å². The summed E-state index contributed by atoms with van der Waals surface area (Å²) in [4.78, 5) is 12.2. The summed E-state index contributed by atoms with van der Waals surface area (Å²) in [6, 6.07) is 7.06. The topological polar surface area (TPSA) is 81.6 Å². The van der Waals surface area contributed by atoms with Gasteiger partial charge >= 0.3 is 0 Å². The van der Waals surface area contributed by atoms with Crippen LogP contribution in [0.25, 0.3) is 0 Å². The van der Waals surface area contributed by atoms with Crippen LogP contribution in [0.3, 0.4) is 0 Å². The first kappa shape index (κ1) is 18.2. The molecule has 0 aromatic heterocycles. The van der Waals surface area contributed by atoms with Crippen LogP contribution in [0.5, 0.6) is 5.75 Å². The molecule has 0 spiro atoms. The Labute approximate surface area is 141 Å². The first-order valence-electron chi connectivity index (χ1n) is 6.57. The van der Waals surface area contributed by atoms with Gasteiger partial charge in [-0.1, -0.05) is 28.9 Å². The molecule has 0 atom stereocenters. The van der Waals surface area contributed by atoms with Crippen LogP contribution in [0.15, 0.2) is 33.2 Å². The quantitative estimate of drug-likeness (QED) is 0.233. The number of halogens is 2. The van der Waals surface area contributed by atoms with E-state index in [4.69, 9.17) is 16.3 Å². The summed E-state index contributed by atoms with van der Waals surface area (Å²) < 4.78 is 6.71. The number of nitrogens with zero attached hydrogens (tertiary/aromatic N) is 1. The smallest absolute Gasteiger partial charge is 0.280 e. The molecule has 1 aromatic rings. The summed E-state index contributed by atoms with van der Waals surface area (Å²) in [5.74, 6) is 6.20. The molecular weight excluding hydrogens is 402 g/mol. The summed E-state index contributed by atoms with van der Waals surface area (Å²) in [6.45, 7) is 3.04. The maximum absolute atomic E-state index is 12.2. The van der Waals surface area contributed by atoms with E-state index in [1.165, 1.54) is 0 Å². The number of carbonyl (C=O) groups is 1. The van der Waals surface area contributed by atoms with E-state index < -0.39 is 0 Å². The van der Waals surface area contributed by atoms with Gasteiger partial charge in [-0.15, -0.1) is 0 Å². The second kappa shape index (κ2) is 9.19. The van der Waals surface area contributed by atoms with Crippen LogP contribution in [0.2, 0.25) is 0 Å². The molecule has 0 bridgehead atoms. The number of hydrazine groups is 1. The molecule has 5 nitrogen and oxygen atoms in total. The lowest BCUT2D eigenvalue weighted by Gasteiger charge is -2.18. The Morgan fingerprint density at radius 2 is 2.10 bits per heavy atom. The fourth-order valence-corrected chi connectivity index (χ4v) is 2.13. The number of carbonyl (C=O) groups excluding carboxylic acids is 1. The Kier molecular flexibility index (Phi) is 7.95. The van der Waals surface area contributed by atoms with Crippen LogP contribution in [0.1, 0.15) is 19.8 Å². The maximum atomic E-state index is 12.2. The van der Waals surface area contributed by atoms with Gasteiger partial charge in [0.1, 0.15) is 5.75 Å². The zero-order valence-corrected chi connectivity index (χ0v) is 15.0. The monoisotopic (exact) mass is 419 g/mol. The summed E-state index contributed by atoms with van der Waals surface area (Å²) >= 11 is 6.59. The molecule has 21 heavy (non-hydrogen) atoms. The van der Waals surface area contributed by atoms with Crippen molar-refractivity contribution in [2.75, 3.05) is 18.2 Å². The minimum absolute atomic E-state index is 0.331. The van der Waals surface area contributed by atoms with E-state index in [1.54, 1.807) is 18.2 Å². The summed E-state index contributed by atoms with van der Waals surface area (Å²) in [5.41, 5.74) is 5.97. The van der Waals surface area contributed by atoms with Gasteiger partial charge in [0.05, 0.1) is 16.8 Å². The molecule has 0 aliphatic rings. The number of rotatable bonds is 7. The third-order valence-corrected chi connectivity index (χ3v) is 4.98. The SMILES string of the molecule is CC/C(Br)=C(/Br)C(=O)N(N)c1cccc(OCCCN)c1. The molecule has 4 N–H and O–H groups in total. The minimum atomic E-state index is -0.331. The van der Waals surface area contributed by atoms with Gasteiger partial charge in [-0.05, 0) is 47.4 Å². The van der Waals surface area contributed by atoms with Crippen molar-refractivity contribution in [3.63, 3.8) is 0 Å². The van der Waals surface area contributed by atoms with Crippen molar-refractivity contribution < 1.29 is 9.53 Å². The Morgan fingerprint density at radius 1 is 1.38 bits per heavy atom. The number of amides is 1. The van der Waals surface area contributed by atoms with Crippen LogP contribution in [0.4, 0.5) is 5.69 Å². The van der Waals surface area contributed by atoms with Crippen molar-refractivity contribution in [1.29, 1.82) is 0 Å². The minimum Gasteiger partial charge on any atom is -0.493 e. The highest BCUT2D eigenvalue weighted by atomic mass is 79.9. The lowest BCUT2D eigenvalue weighted by Crippen LogP contribution is -2.37. The van der Waals surface area contributed by atoms with Crippen molar-refractivity contribution in [1.82, 2.24) is 0 Å². The fraction of sp³-hybridized carbons (Fsp3) is 0.357. The second-order valence-electron chi connectivity index (χ2n) is 4.24. The Bertz CT molecular complexity index is 521. The van der Waals surface area contributed by atoms with Gasteiger partial charge in [0.2, 0.25) is 0 Å². The molecule has 0 saturated heterocycles. The molecule has 116 valence electrons. The maximum Gasteiger partial charge on any atom is 0.280 e. The van der Waals surface area contributed by atoms with Crippen molar-refractivity contribution in [3.8, 4) is 5.75 Å². The van der Waals surface area contributed by atoms with Crippen molar-refractivity contribution in [2.45, 2.75) is 19.8 Å². The number of anilines is 1. The van der Waals surface area contributed by atoms with Crippen molar-refractivity contribution >= 4 is 43.5 Å². The van der Waals surface area contributed by atoms with Gasteiger partial charge in [-0.3, -0.25) is 4.79 Å². The third kappa shape index (κ3) is 5.43. The Balaban J connectivity index is 2.85. The van der Waals surface area contributed by atoms with E-state index >= 15 is 0 Å². The zero-order valence-electron chi connectivity index (χ0n) is 11.8. The van der Waals surface area contributed by atoms with Gasteiger partial charge in [0.15, 0.2) is 0 Å². The highest BCUT2D eigenvalue weighted by molar-refractivity contribution is 9.14. The molecule has 0 unspecified atom stereocenters. The predicted octanol–water partition coefficient (Wildman–Crippen LogP) is 3.03. The largest absolute Gasteiger partial charge is 0.493 e. The van der Waals surface area contributed by atoms with Gasteiger partial charge in [0.25, 0.3) is 5.91 Å². The van der Waals surface area contributed by atoms with Crippen molar-refractivity contribution in [2.24, 2.45) is 11.6 Å². The molecule has 0 aliphatic carbocycles. The standard InChI is InChI=1S/C14H19Br2N3O2/c1-2-12(15)13(16)14(20)19(18)10-5-3-6-11(9-10)21-8-4-7-17/h3,5-6,9H,2,4,7-8,17-18H2,1H3/b13-12-. The molecule has 1 amide bonds. The third-order valence-electron chi connectivity index (χ3n) is 2.67. The highest BCUT2D eigenvalue weighted by Crippen LogP contribution is 2.26. The van der Waals surface area contributed by atoms with Crippen molar-refractivity contribution in [3.05, 3.63) is 33.2 Å². The second-order valence-corrected chi connectivity index (χ2v) is 5.99. The van der Waals surface area contributed by atoms with Gasteiger partial charge < -0.3 is 10.5 Å².